The number of hydrogen-bond donors (Lipinski definition) is 2. The van der Waals surface area contributed by atoms with Crippen molar-refractivity contribution in [3.63, 3.8) is 0 Å². The average molecular weight is 409 g/mol. The van der Waals surface area contributed by atoms with Crippen molar-refractivity contribution in [1.82, 2.24) is 5.32 Å². The van der Waals surface area contributed by atoms with Gasteiger partial charge in [0, 0.05) is 41.6 Å². The number of carbonyl (C=O) groups is 1. The van der Waals surface area contributed by atoms with E-state index in [1.54, 1.807) is 0 Å². The van der Waals surface area contributed by atoms with Crippen LogP contribution in [-0.4, -0.2) is 30.0 Å². The van der Waals surface area contributed by atoms with Crippen LogP contribution in [0, 0.1) is 10.1 Å². The summed E-state index contributed by atoms with van der Waals surface area (Å²) >= 11 is 11.9. The Morgan fingerprint density at radius 3 is 2.41 bits per heavy atom. The molecule has 0 aliphatic carbocycles. The van der Waals surface area contributed by atoms with Crippen LogP contribution in [0.2, 0.25) is 10.0 Å². The van der Waals surface area contributed by atoms with Gasteiger partial charge in [-0.1, -0.05) is 35.3 Å². The number of nitro benzene ring substituents is 1. The van der Waals surface area contributed by atoms with E-state index in [-0.39, 0.29) is 28.2 Å². The van der Waals surface area contributed by atoms with Gasteiger partial charge in [-0.25, -0.2) is 0 Å². The maximum absolute atomic E-state index is 12.4. The summed E-state index contributed by atoms with van der Waals surface area (Å²) in [6.45, 7) is 2.86. The number of halogens is 2. The van der Waals surface area contributed by atoms with Crippen LogP contribution in [0.1, 0.15) is 28.8 Å². The molecule has 1 amide bonds. The Kier molecular flexibility index (Phi) is 6.31. The van der Waals surface area contributed by atoms with Crippen molar-refractivity contribution >= 4 is 34.8 Å². The van der Waals surface area contributed by atoms with Crippen molar-refractivity contribution in [3.05, 3.63) is 73.8 Å². The number of hydrogen-bond acceptors (Lipinski definition) is 3. The van der Waals surface area contributed by atoms with Gasteiger partial charge in [-0.05, 0) is 18.2 Å². The number of carbonyl (C=O) groups excluding carboxylic acids is 1. The summed E-state index contributed by atoms with van der Waals surface area (Å²) in [5.41, 5.74) is 1.38. The quantitative estimate of drug-likeness (QED) is 0.589. The van der Waals surface area contributed by atoms with Crippen LogP contribution in [0.3, 0.4) is 0 Å². The molecule has 142 valence electrons. The molecule has 2 N–H and O–H groups in total. The number of rotatable bonds is 5. The van der Waals surface area contributed by atoms with E-state index in [0.717, 1.165) is 37.5 Å². The summed E-state index contributed by atoms with van der Waals surface area (Å²) in [5, 5.41) is 14.6. The minimum atomic E-state index is -0.535. The van der Waals surface area contributed by atoms with Gasteiger partial charge in [0.2, 0.25) is 0 Å². The van der Waals surface area contributed by atoms with Crippen LogP contribution < -0.4 is 10.2 Å². The highest BCUT2D eigenvalue weighted by Crippen LogP contribution is 2.22. The Balaban J connectivity index is 1.52. The Bertz CT molecular complexity index is 835. The standard InChI is InChI=1S/C19H19Cl2N3O3/c20-14-3-1-13(2-4-14)12-23-9-7-15(8-10-23)22-19(25)17-6-5-16(24(26)27)11-18(17)21/h1-6,11,15H,7-10,12H2,(H,22,25)/p+1. The minimum absolute atomic E-state index is 0.0812. The number of nitro groups is 1. The summed E-state index contributed by atoms with van der Waals surface area (Å²) in [7, 11) is 0. The van der Waals surface area contributed by atoms with Crippen LogP contribution >= 0.6 is 23.2 Å². The van der Waals surface area contributed by atoms with Gasteiger partial charge in [-0.2, -0.15) is 0 Å². The predicted octanol–water partition coefficient (Wildman–Crippen LogP) is 2.88. The van der Waals surface area contributed by atoms with E-state index in [1.165, 1.54) is 28.7 Å². The zero-order valence-electron chi connectivity index (χ0n) is 14.6. The van der Waals surface area contributed by atoms with Crippen LogP contribution in [-0.2, 0) is 6.54 Å². The summed E-state index contributed by atoms with van der Waals surface area (Å²) in [5.74, 6) is -0.291. The highest BCUT2D eigenvalue weighted by molar-refractivity contribution is 6.34. The van der Waals surface area contributed by atoms with Crippen molar-refractivity contribution in [2.45, 2.75) is 25.4 Å². The van der Waals surface area contributed by atoms with Crippen LogP contribution in [0.15, 0.2) is 42.5 Å². The molecule has 8 heteroatoms. The largest absolute Gasteiger partial charge is 0.349 e. The van der Waals surface area contributed by atoms with Crippen molar-refractivity contribution in [3.8, 4) is 0 Å². The Morgan fingerprint density at radius 2 is 1.81 bits per heavy atom. The fraction of sp³-hybridized carbons (Fsp3) is 0.316. The Morgan fingerprint density at radius 1 is 1.15 bits per heavy atom. The first kappa shape index (κ1) is 19.6. The lowest BCUT2D eigenvalue weighted by atomic mass is 10.0. The van der Waals surface area contributed by atoms with Crippen LogP contribution in [0.5, 0.6) is 0 Å². The van der Waals surface area contributed by atoms with Crippen molar-refractivity contribution in [2.24, 2.45) is 0 Å². The first-order valence-electron chi connectivity index (χ1n) is 8.75. The lowest BCUT2D eigenvalue weighted by Gasteiger charge is -2.30. The number of piperidine rings is 1. The maximum atomic E-state index is 12.4. The van der Waals surface area contributed by atoms with Crippen LogP contribution in [0.4, 0.5) is 5.69 Å². The molecule has 0 radical (unpaired) electrons. The molecule has 27 heavy (non-hydrogen) atoms. The molecule has 2 aromatic rings. The predicted molar refractivity (Wildman–Crippen MR) is 104 cm³/mol. The molecule has 1 saturated heterocycles. The third kappa shape index (κ3) is 5.19. The molecule has 0 saturated carbocycles. The molecule has 0 bridgehead atoms. The second-order valence-electron chi connectivity index (χ2n) is 6.72. The number of benzene rings is 2. The molecule has 2 aromatic carbocycles. The molecule has 0 spiro atoms. The summed E-state index contributed by atoms with van der Waals surface area (Å²) in [6.07, 6.45) is 1.75. The number of non-ortho nitro benzene ring substituents is 1. The van der Waals surface area contributed by atoms with E-state index >= 15 is 0 Å². The van der Waals surface area contributed by atoms with Gasteiger partial charge in [0.1, 0.15) is 6.54 Å². The third-order valence-electron chi connectivity index (χ3n) is 4.80. The van der Waals surface area contributed by atoms with Gasteiger partial charge in [-0.15, -0.1) is 0 Å². The molecular weight excluding hydrogens is 389 g/mol. The van der Waals surface area contributed by atoms with Gasteiger partial charge in [0.05, 0.1) is 28.6 Å². The molecule has 1 heterocycles. The second kappa shape index (κ2) is 8.69. The van der Waals surface area contributed by atoms with E-state index in [4.69, 9.17) is 23.2 Å². The highest BCUT2D eigenvalue weighted by Gasteiger charge is 2.25. The first-order chi connectivity index (χ1) is 12.9. The minimum Gasteiger partial charge on any atom is -0.349 e. The number of quaternary nitrogens is 1. The molecule has 1 fully saturated rings. The van der Waals surface area contributed by atoms with Crippen molar-refractivity contribution < 1.29 is 14.6 Å². The molecule has 0 unspecified atom stereocenters. The van der Waals surface area contributed by atoms with Crippen LogP contribution in [0.25, 0.3) is 0 Å². The zero-order chi connectivity index (χ0) is 19.4. The van der Waals surface area contributed by atoms with Crippen molar-refractivity contribution in [1.29, 1.82) is 0 Å². The normalized spacial score (nSPS) is 19.5. The summed E-state index contributed by atoms with van der Waals surface area (Å²) in [6, 6.07) is 11.9. The lowest BCUT2D eigenvalue weighted by molar-refractivity contribution is -0.918. The molecule has 1 aliphatic rings. The first-order valence-corrected chi connectivity index (χ1v) is 9.51. The molecule has 3 rings (SSSR count). The molecule has 0 aromatic heterocycles. The maximum Gasteiger partial charge on any atom is 0.270 e. The average Bonchev–Trinajstić information content (AvgIpc) is 2.65. The molecule has 1 aliphatic heterocycles. The highest BCUT2D eigenvalue weighted by atomic mass is 35.5. The fourth-order valence-electron chi connectivity index (χ4n) is 3.30. The SMILES string of the molecule is O=C(NC1CC[NH+](Cc2ccc(Cl)cc2)CC1)c1ccc([N+](=O)[O-])cc1Cl. The van der Waals surface area contributed by atoms with Crippen molar-refractivity contribution in [2.75, 3.05) is 13.1 Å². The summed E-state index contributed by atoms with van der Waals surface area (Å²) < 4.78 is 0. The zero-order valence-corrected chi connectivity index (χ0v) is 16.1. The smallest absolute Gasteiger partial charge is 0.270 e. The second-order valence-corrected chi connectivity index (χ2v) is 7.57. The molecular formula is C19H20Cl2N3O3+. The van der Waals surface area contributed by atoms with E-state index in [1.807, 2.05) is 24.3 Å². The van der Waals surface area contributed by atoms with Gasteiger partial charge in [0.15, 0.2) is 0 Å². The van der Waals surface area contributed by atoms with E-state index in [0.29, 0.717) is 0 Å². The number of nitrogens with zero attached hydrogens (tertiary/aromatic N) is 1. The molecule has 0 atom stereocenters. The lowest BCUT2D eigenvalue weighted by Crippen LogP contribution is -3.12. The van der Waals surface area contributed by atoms with E-state index in [2.05, 4.69) is 5.32 Å². The van der Waals surface area contributed by atoms with E-state index < -0.39 is 4.92 Å². The third-order valence-corrected chi connectivity index (χ3v) is 5.37. The molecule has 6 nitrogen and oxygen atoms in total. The fourth-order valence-corrected chi connectivity index (χ4v) is 3.69. The Hall–Kier alpha value is -2.15. The topological polar surface area (TPSA) is 76.7 Å². The van der Waals surface area contributed by atoms with Gasteiger partial charge in [-0.3, -0.25) is 14.9 Å². The van der Waals surface area contributed by atoms with E-state index in [9.17, 15) is 14.9 Å². The number of likely N-dealkylation sites (tertiary alicyclic amines) is 1. The monoisotopic (exact) mass is 408 g/mol. The van der Waals surface area contributed by atoms with Gasteiger partial charge >= 0.3 is 0 Å². The number of amides is 1. The number of nitrogens with one attached hydrogen (secondary N) is 2. The Labute approximate surface area is 167 Å². The van der Waals surface area contributed by atoms with Gasteiger partial charge in [0.25, 0.3) is 11.6 Å². The summed E-state index contributed by atoms with van der Waals surface area (Å²) in [4.78, 5) is 24.1. The van der Waals surface area contributed by atoms with Gasteiger partial charge < -0.3 is 10.2 Å².